The van der Waals surface area contributed by atoms with Crippen molar-refractivity contribution in [1.29, 1.82) is 0 Å². The summed E-state index contributed by atoms with van der Waals surface area (Å²) in [7, 11) is 0. The molecule has 12 heavy (non-hydrogen) atoms. The number of hydrogen-bond acceptors (Lipinski definition) is 2. The van der Waals surface area contributed by atoms with Crippen molar-refractivity contribution in [1.82, 2.24) is 9.55 Å². The number of aliphatic hydroxyl groups excluding tert-OH is 1. The first-order chi connectivity index (χ1) is 5.66. The lowest BCUT2D eigenvalue weighted by atomic mass is 10.1. The largest absolute Gasteiger partial charge is 0.391 e. The molecule has 1 aromatic heterocycles. The standard InChI is InChI=1S/C8H14N2O2/c1-3-7(6(2)11)10-5-4-9-8(10)12/h4-7,11H,3H2,1-2H3,(H,9,12). The van der Waals surface area contributed by atoms with Crippen LogP contribution >= 0.6 is 0 Å². The highest BCUT2D eigenvalue weighted by Crippen LogP contribution is 2.12. The molecule has 0 fully saturated rings. The highest BCUT2D eigenvalue weighted by molar-refractivity contribution is 4.83. The zero-order chi connectivity index (χ0) is 9.14. The summed E-state index contributed by atoms with van der Waals surface area (Å²) in [6, 6.07) is -0.122. The minimum atomic E-state index is -0.497. The zero-order valence-corrected chi connectivity index (χ0v) is 7.32. The van der Waals surface area contributed by atoms with Gasteiger partial charge in [-0.3, -0.25) is 4.57 Å². The molecule has 0 bridgehead atoms. The average molecular weight is 170 g/mol. The summed E-state index contributed by atoms with van der Waals surface area (Å²) in [4.78, 5) is 13.7. The fraction of sp³-hybridized carbons (Fsp3) is 0.625. The van der Waals surface area contributed by atoms with Crippen LogP contribution in [0.5, 0.6) is 0 Å². The molecule has 4 nitrogen and oxygen atoms in total. The molecule has 0 radical (unpaired) electrons. The molecule has 68 valence electrons. The van der Waals surface area contributed by atoms with Crippen LogP contribution in [0.3, 0.4) is 0 Å². The number of H-pyrrole nitrogens is 1. The van der Waals surface area contributed by atoms with E-state index in [0.717, 1.165) is 6.42 Å². The minimum absolute atomic E-state index is 0.122. The van der Waals surface area contributed by atoms with Gasteiger partial charge in [0.2, 0.25) is 0 Å². The molecule has 0 aromatic carbocycles. The Bertz CT molecular complexity index is 287. The molecule has 2 atom stereocenters. The van der Waals surface area contributed by atoms with Gasteiger partial charge in [0.05, 0.1) is 12.1 Å². The van der Waals surface area contributed by atoms with Gasteiger partial charge in [-0.2, -0.15) is 0 Å². The van der Waals surface area contributed by atoms with Gasteiger partial charge in [0, 0.05) is 12.4 Å². The fourth-order valence-electron chi connectivity index (χ4n) is 1.36. The first kappa shape index (κ1) is 9.06. The molecule has 0 saturated heterocycles. The number of rotatable bonds is 3. The monoisotopic (exact) mass is 170 g/mol. The van der Waals surface area contributed by atoms with E-state index in [1.54, 1.807) is 19.3 Å². The Morgan fingerprint density at radius 3 is 2.75 bits per heavy atom. The van der Waals surface area contributed by atoms with Gasteiger partial charge < -0.3 is 10.1 Å². The first-order valence-electron chi connectivity index (χ1n) is 4.10. The number of hydrogen-bond donors (Lipinski definition) is 2. The maximum absolute atomic E-state index is 11.1. The topological polar surface area (TPSA) is 58.0 Å². The predicted molar refractivity (Wildman–Crippen MR) is 46.1 cm³/mol. The number of nitrogens with one attached hydrogen (secondary N) is 1. The lowest BCUT2D eigenvalue weighted by Gasteiger charge is -2.18. The molecule has 0 saturated carbocycles. The van der Waals surface area contributed by atoms with Crippen molar-refractivity contribution in [2.45, 2.75) is 32.4 Å². The number of imidazole rings is 1. The quantitative estimate of drug-likeness (QED) is 0.694. The summed E-state index contributed by atoms with van der Waals surface area (Å²) in [5.41, 5.74) is -0.164. The molecule has 0 aliphatic rings. The summed E-state index contributed by atoms with van der Waals surface area (Å²) >= 11 is 0. The molecule has 0 spiro atoms. The van der Waals surface area contributed by atoms with Crippen molar-refractivity contribution in [2.75, 3.05) is 0 Å². The third kappa shape index (κ3) is 1.58. The summed E-state index contributed by atoms with van der Waals surface area (Å²) in [6.07, 6.45) is 3.48. The van der Waals surface area contributed by atoms with Crippen molar-refractivity contribution in [3.63, 3.8) is 0 Å². The average Bonchev–Trinajstić information content (AvgIpc) is 2.38. The number of nitrogens with zero attached hydrogens (tertiary/aromatic N) is 1. The SMILES string of the molecule is CCC(C(C)O)n1cc[nH]c1=O. The smallest absolute Gasteiger partial charge is 0.325 e. The van der Waals surface area contributed by atoms with E-state index >= 15 is 0 Å². The van der Waals surface area contributed by atoms with Crippen LogP contribution in [0.1, 0.15) is 26.3 Å². The van der Waals surface area contributed by atoms with Crippen molar-refractivity contribution in [3.05, 3.63) is 22.9 Å². The fourth-order valence-corrected chi connectivity index (χ4v) is 1.36. The molecule has 1 aromatic rings. The molecular weight excluding hydrogens is 156 g/mol. The van der Waals surface area contributed by atoms with Gasteiger partial charge in [-0.1, -0.05) is 6.92 Å². The Morgan fingerprint density at radius 2 is 2.42 bits per heavy atom. The normalized spacial score (nSPS) is 15.9. The van der Waals surface area contributed by atoms with Gasteiger partial charge in [0.25, 0.3) is 0 Å². The third-order valence-corrected chi connectivity index (χ3v) is 2.01. The summed E-state index contributed by atoms with van der Waals surface area (Å²) < 4.78 is 1.52. The predicted octanol–water partition coefficient (Wildman–Crippen LogP) is 0.508. The second-order valence-electron chi connectivity index (χ2n) is 2.89. The van der Waals surface area contributed by atoms with E-state index in [-0.39, 0.29) is 11.7 Å². The number of aromatic nitrogens is 2. The Hall–Kier alpha value is -1.03. The van der Waals surface area contributed by atoms with E-state index in [1.165, 1.54) is 4.57 Å². The Morgan fingerprint density at radius 1 is 1.75 bits per heavy atom. The summed E-state index contributed by atoms with van der Waals surface area (Å²) in [6.45, 7) is 3.63. The second-order valence-corrected chi connectivity index (χ2v) is 2.89. The van der Waals surface area contributed by atoms with Gasteiger partial charge in [-0.15, -0.1) is 0 Å². The van der Waals surface area contributed by atoms with E-state index in [0.29, 0.717) is 0 Å². The van der Waals surface area contributed by atoms with E-state index in [2.05, 4.69) is 4.98 Å². The van der Waals surface area contributed by atoms with E-state index in [4.69, 9.17) is 0 Å². The molecular formula is C8H14N2O2. The van der Waals surface area contributed by atoms with E-state index in [1.807, 2.05) is 6.92 Å². The molecule has 1 heterocycles. The molecule has 2 unspecified atom stereocenters. The minimum Gasteiger partial charge on any atom is -0.391 e. The van der Waals surface area contributed by atoms with Crippen LogP contribution in [-0.4, -0.2) is 20.8 Å². The lowest BCUT2D eigenvalue weighted by molar-refractivity contribution is 0.125. The van der Waals surface area contributed by atoms with Gasteiger partial charge in [0.1, 0.15) is 0 Å². The van der Waals surface area contributed by atoms with Crippen LogP contribution in [0.4, 0.5) is 0 Å². The van der Waals surface area contributed by atoms with Gasteiger partial charge in [0.15, 0.2) is 0 Å². The van der Waals surface area contributed by atoms with Crippen molar-refractivity contribution in [3.8, 4) is 0 Å². The summed E-state index contributed by atoms with van der Waals surface area (Å²) in [5, 5.41) is 9.33. The van der Waals surface area contributed by atoms with Gasteiger partial charge in [-0.05, 0) is 13.3 Å². The lowest BCUT2D eigenvalue weighted by Crippen LogP contribution is -2.28. The van der Waals surface area contributed by atoms with Gasteiger partial charge in [-0.25, -0.2) is 4.79 Å². The highest BCUT2D eigenvalue weighted by Gasteiger charge is 2.15. The molecule has 2 N–H and O–H groups in total. The Balaban J connectivity index is 2.95. The molecule has 1 rings (SSSR count). The van der Waals surface area contributed by atoms with E-state index in [9.17, 15) is 9.90 Å². The van der Waals surface area contributed by atoms with Gasteiger partial charge >= 0.3 is 5.69 Å². The first-order valence-corrected chi connectivity index (χ1v) is 4.10. The van der Waals surface area contributed by atoms with Crippen LogP contribution in [0.15, 0.2) is 17.2 Å². The molecule has 0 amide bonds. The Labute approximate surface area is 70.9 Å². The second kappa shape index (κ2) is 3.58. The summed E-state index contributed by atoms with van der Waals surface area (Å²) in [5.74, 6) is 0. The Kier molecular flexibility index (Phi) is 2.70. The van der Waals surface area contributed by atoms with Crippen LogP contribution in [-0.2, 0) is 0 Å². The van der Waals surface area contributed by atoms with Crippen molar-refractivity contribution in [2.24, 2.45) is 0 Å². The third-order valence-electron chi connectivity index (χ3n) is 2.01. The number of aromatic amines is 1. The van der Waals surface area contributed by atoms with Crippen LogP contribution in [0.25, 0.3) is 0 Å². The van der Waals surface area contributed by atoms with E-state index < -0.39 is 6.10 Å². The van der Waals surface area contributed by atoms with Crippen molar-refractivity contribution >= 4 is 0 Å². The maximum atomic E-state index is 11.1. The van der Waals surface area contributed by atoms with Crippen molar-refractivity contribution < 1.29 is 5.11 Å². The molecule has 4 heteroatoms. The highest BCUT2D eigenvalue weighted by atomic mass is 16.3. The number of aliphatic hydroxyl groups is 1. The zero-order valence-electron chi connectivity index (χ0n) is 7.32. The molecule has 0 aliphatic carbocycles. The van der Waals surface area contributed by atoms with Crippen LogP contribution < -0.4 is 5.69 Å². The maximum Gasteiger partial charge on any atom is 0.325 e. The van der Waals surface area contributed by atoms with Crippen LogP contribution in [0.2, 0.25) is 0 Å². The van der Waals surface area contributed by atoms with Crippen LogP contribution in [0, 0.1) is 0 Å². The molecule has 0 aliphatic heterocycles.